The normalized spacial score (nSPS) is 18.1. The fourth-order valence-corrected chi connectivity index (χ4v) is 2.01. The second-order valence-corrected chi connectivity index (χ2v) is 4.30. The van der Waals surface area contributed by atoms with Crippen molar-refractivity contribution in [2.75, 3.05) is 19.6 Å². The minimum atomic E-state index is 0.658. The first-order valence-corrected chi connectivity index (χ1v) is 6.23. The zero-order chi connectivity index (χ0) is 11.9. The second-order valence-electron chi connectivity index (χ2n) is 4.30. The molecule has 0 saturated carbocycles. The topological polar surface area (TPSA) is 72.3 Å². The van der Waals surface area contributed by atoms with Crippen molar-refractivity contribution < 1.29 is 0 Å². The number of aromatic nitrogens is 3. The summed E-state index contributed by atoms with van der Waals surface area (Å²) in [4.78, 5) is 10.5. The SMILES string of the molecule is NC(=NCCn1cncn1)N1CCCCCC1. The maximum absolute atomic E-state index is 5.99. The highest BCUT2D eigenvalue weighted by atomic mass is 15.3. The van der Waals surface area contributed by atoms with Crippen LogP contribution in [0, 0.1) is 0 Å². The fraction of sp³-hybridized carbons (Fsp3) is 0.727. The maximum Gasteiger partial charge on any atom is 0.191 e. The Kier molecular flexibility index (Phi) is 4.35. The highest BCUT2D eigenvalue weighted by Crippen LogP contribution is 2.08. The van der Waals surface area contributed by atoms with E-state index >= 15 is 0 Å². The molecular formula is C11H20N6. The average Bonchev–Trinajstić information content (AvgIpc) is 2.69. The van der Waals surface area contributed by atoms with Gasteiger partial charge in [-0.05, 0) is 12.8 Å². The summed E-state index contributed by atoms with van der Waals surface area (Å²) in [7, 11) is 0. The van der Waals surface area contributed by atoms with Crippen molar-refractivity contribution in [3.63, 3.8) is 0 Å². The van der Waals surface area contributed by atoms with E-state index in [1.807, 2.05) is 0 Å². The number of hydrogen-bond acceptors (Lipinski definition) is 3. The maximum atomic E-state index is 5.99. The number of hydrogen-bond donors (Lipinski definition) is 1. The van der Waals surface area contributed by atoms with Gasteiger partial charge in [-0.1, -0.05) is 12.8 Å². The van der Waals surface area contributed by atoms with Crippen LogP contribution in [-0.4, -0.2) is 45.3 Å². The van der Waals surface area contributed by atoms with Crippen LogP contribution < -0.4 is 5.73 Å². The summed E-state index contributed by atoms with van der Waals surface area (Å²) < 4.78 is 1.76. The van der Waals surface area contributed by atoms with Gasteiger partial charge in [0.25, 0.3) is 0 Å². The first-order chi connectivity index (χ1) is 8.36. The molecule has 1 aromatic rings. The summed E-state index contributed by atoms with van der Waals surface area (Å²) in [6.45, 7) is 3.47. The van der Waals surface area contributed by atoms with E-state index < -0.39 is 0 Å². The molecule has 1 aromatic heterocycles. The summed E-state index contributed by atoms with van der Waals surface area (Å²) in [5.74, 6) is 0.673. The predicted octanol–water partition coefficient (Wildman–Crippen LogP) is 0.469. The Labute approximate surface area is 102 Å². The largest absolute Gasteiger partial charge is 0.370 e. The van der Waals surface area contributed by atoms with Gasteiger partial charge >= 0.3 is 0 Å². The summed E-state index contributed by atoms with van der Waals surface area (Å²) in [5.41, 5.74) is 5.99. The molecule has 0 spiro atoms. The van der Waals surface area contributed by atoms with Crippen LogP contribution in [-0.2, 0) is 6.54 Å². The van der Waals surface area contributed by atoms with Crippen molar-refractivity contribution in [3.8, 4) is 0 Å². The van der Waals surface area contributed by atoms with E-state index in [9.17, 15) is 0 Å². The molecule has 2 rings (SSSR count). The van der Waals surface area contributed by atoms with Gasteiger partial charge in [-0.2, -0.15) is 5.10 Å². The Morgan fingerprint density at radius 3 is 2.65 bits per heavy atom. The molecule has 1 aliphatic heterocycles. The van der Waals surface area contributed by atoms with Crippen LogP contribution in [0.4, 0.5) is 0 Å². The summed E-state index contributed by atoms with van der Waals surface area (Å²) in [6.07, 6.45) is 8.28. The van der Waals surface area contributed by atoms with Crippen molar-refractivity contribution in [2.24, 2.45) is 10.7 Å². The van der Waals surface area contributed by atoms with Crippen LogP contribution in [0.1, 0.15) is 25.7 Å². The van der Waals surface area contributed by atoms with E-state index in [1.54, 1.807) is 11.0 Å². The minimum absolute atomic E-state index is 0.658. The minimum Gasteiger partial charge on any atom is -0.370 e. The molecule has 0 unspecified atom stereocenters. The van der Waals surface area contributed by atoms with Gasteiger partial charge in [0.15, 0.2) is 5.96 Å². The third kappa shape index (κ3) is 3.72. The lowest BCUT2D eigenvalue weighted by Gasteiger charge is -2.21. The molecule has 0 bridgehead atoms. The van der Waals surface area contributed by atoms with Crippen molar-refractivity contribution in [3.05, 3.63) is 12.7 Å². The van der Waals surface area contributed by atoms with Gasteiger partial charge < -0.3 is 10.6 Å². The Balaban J connectivity index is 1.79. The standard InChI is InChI=1S/C11H20N6/c12-11(16-6-3-1-2-4-7-16)14-5-8-17-10-13-9-15-17/h9-10H,1-8H2,(H2,12,14). The van der Waals surface area contributed by atoms with Crippen LogP contribution in [0.3, 0.4) is 0 Å². The van der Waals surface area contributed by atoms with E-state index in [2.05, 4.69) is 20.0 Å². The predicted molar refractivity (Wildman–Crippen MR) is 66.6 cm³/mol. The van der Waals surface area contributed by atoms with Gasteiger partial charge in [0.05, 0.1) is 13.1 Å². The molecule has 0 radical (unpaired) electrons. The molecule has 6 heteroatoms. The van der Waals surface area contributed by atoms with Crippen molar-refractivity contribution in [1.82, 2.24) is 19.7 Å². The van der Waals surface area contributed by atoms with Crippen molar-refractivity contribution in [1.29, 1.82) is 0 Å². The van der Waals surface area contributed by atoms with Crippen LogP contribution in [0.5, 0.6) is 0 Å². The Bertz CT molecular complexity index is 337. The number of likely N-dealkylation sites (tertiary alicyclic amines) is 1. The van der Waals surface area contributed by atoms with Crippen LogP contribution in [0.2, 0.25) is 0 Å². The molecule has 6 nitrogen and oxygen atoms in total. The number of nitrogens with zero attached hydrogens (tertiary/aromatic N) is 5. The molecule has 0 atom stereocenters. The molecule has 2 N–H and O–H groups in total. The number of guanidine groups is 1. The summed E-state index contributed by atoms with van der Waals surface area (Å²) >= 11 is 0. The first kappa shape index (κ1) is 11.9. The highest BCUT2D eigenvalue weighted by molar-refractivity contribution is 5.78. The van der Waals surface area contributed by atoms with Gasteiger partial charge in [0, 0.05) is 13.1 Å². The van der Waals surface area contributed by atoms with Crippen LogP contribution in [0.15, 0.2) is 17.6 Å². The van der Waals surface area contributed by atoms with E-state index in [-0.39, 0.29) is 0 Å². The van der Waals surface area contributed by atoms with Crippen LogP contribution in [0.25, 0.3) is 0 Å². The van der Waals surface area contributed by atoms with E-state index in [0.717, 1.165) is 19.6 Å². The third-order valence-electron chi connectivity index (χ3n) is 3.00. The summed E-state index contributed by atoms with van der Waals surface area (Å²) in [5, 5.41) is 4.02. The van der Waals surface area contributed by atoms with Gasteiger partial charge in [0.1, 0.15) is 12.7 Å². The first-order valence-electron chi connectivity index (χ1n) is 6.23. The molecule has 1 fully saturated rings. The van der Waals surface area contributed by atoms with E-state index in [0.29, 0.717) is 12.5 Å². The monoisotopic (exact) mass is 236 g/mol. The summed E-state index contributed by atoms with van der Waals surface area (Å²) in [6, 6.07) is 0. The quantitative estimate of drug-likeness (QED) is 0.611. The number of nitrogens with two attached hydrogens (primary N) is 1. The van der Waals surface area contributed by atoms with Gasteiger partial charge in [-0.3, -0.25) is 9.67 Å². The average molecular weight is 236 g/mol. The molecule has 1 aliphatic rings. The Morgan fingerprint density at radius 2 is 2.00 bits per heavy atom. The number of aliphatic imine (C=N–C) groups is 1. The van der Waals surface area contributed by atoms with Gasteiger partial charge in [-0.15, -0.1) is 0 Å². The van der Waals surface area contributed by atoms with Gasteiger partial charge in [-0.25, -0.2) is 4.98 Å². The second kappa shape index (κ2) is 6.22. The molecule has 0 aromatic carbocycles. The zero-order valence-corrected chi connectivity index (χ0v) is 10.1. The third-order valence-corrected chi connectivity index (χ3v) is 3.00. The zero-order valence-electron chi connectivity index (χ0n) is 10.1. The lowest BCUT2D eigenvalue weighted by molar-refractivity contribution is 0.427. The van der Waals surface area contributed by atoms with Gasteiger partial charge in [0.2, 0.25) is 0 Å². The smallest absolute Gasteiger partial charge is 0.191 e. The van der Waals surface area contributed by atoms with Crippen molar-refractivity contribution >= 4 is 5.96 Å². The van der Waals surface area contributed by atoms with E-state index in [4.69, 9.17) is 5.73 Å². The van der Waals surface area contributed by atoms with Crippen LogP contribution >= 0.6 is 0 Å². The molecule has 2 heterocycles. The number of rotatable bonds is 3. The molecule has 0 aliphatic carbocycles. The molecular weight excluding hydrogens is 216 g/mol. The molecule has 94 valence electrons. The Morgan fingerprint density at radius 1 is 1.24 bits per heavy atom. The molecule has 0 amide bonds. The van der Waals surface area contributed by atoms with Crippen molar-refractivity contribution in [2.45, 2.75) is 32.2 Å². The molecule has 1 saturated heterocycles. The lowest BCUT2D eigenvalue weighted by Crippen LogP contribution is -2.38. The highest BCUT2D eigenvalue weighted by Gasteiger charge is 2.10. The molecule has 17 heavy (non-hydrogen) atoms. The van der Waals surface area contributed by atoms with E-state index in [1.165, 1.54) is 32.0 Å². The lowest BCUT2D eigenvalue weighted by atomic mass is 10.2. The fourth-order valence-electron chi connectivity index (χ4n) is 2.01. The Hall–Kier alpha value is -1.59.